The first kappa shape index (κ1) is 23.5. The van der Waals surface area contributed by atoms with Crippen molar-refractivity contribution in [2.45, 2.75) is 25.3 Å². The lowest BCUT2D eigenvalue weighted by atomic mass is 9.82. The maximum Gasteiger partial charge on any atom is 0.335 e. The van der Waals surface area contributed by atoms with Crippen LogP contribution >= 0.6 is 0 Å². The van der Waals surface area contributed by atoms with Crippen molar-refractivity contribution in [2.75, 3.05) is 6.54 Å². The third-order valence-electron chi connectivity index (χ3n) is 4.64. The molecule has 1 atom stereocenters. The monoisotopic (exact) mass is 430 g/mol. The first-order valence-corrected chi connectivity index (χ1v) is 9.30. The highest BCUT2D eigenvalue weighted by Crippen LogP contribution is 2.37. The van der Waals surface area contributed by atoms with Crippen molar-refractivity contribution in [1.82, 2.24) is 0 Å². The normalized spacial score (nSPS) is 12.8. The van der Waals surface area contributed by atoms with E-state index in [1.165, 1.54) is 18.2 Å². The Hall–Kier alpha value is -3.76. The average Bonchev–Trinajstić information content (AvgIpc) is 2.71. The van der Waals surface area contributed by atoms with Crippen LogP contribution in [0.4, 0.5) is 0 Å². The first-order valence-electron chi connectivity index (χ1n) is 9.30. The zero-order valence-electron chi connectivity index (χ0n) is 16.4. The minimum absolute atomic E-state index is 0.0190. The summed E-state index contributed by atoms with van der Waals surface area (Å²) in [7, 11) is 0. The first-order chi connectivity index (χ1) is 14.6. The van der Waals surface area contributed by atoms with Crippen LogP contribution in [-0.2, 0) is 4.79 Å². The molecule has 10 nitrogen and oxygen atoms in total. The number of carboxylic acids is 2. The molecule has 31 heavy (non-hydrogen) atoms. The number of aromatic carboxylic acids is 1. The molecule has 0 fully saturated rings. The summed E-state index contributed by atoms with van der Waals surface area (Å²) in [5.74, 6) is -4.55. The molecule has 0 aromatic heterocycles. The number of phenolic OH excluding ortho intramolecular Hbond substituents is 2. The summed E-state index contributed by atoms with van der Waals surface area (Å²) >= 11 is 0. The molecule has 164 valence electrons. The Bertz CT molecular complexity index is 1050. The van der Waals surface area contributed by atoms with E-state index in [1.54, 1.807) is 0 Å². The molecule has 8 N–H and O–H groups in total. The Balaban J connectivity index is 0.000000291. The van der Waals surface area contributed by atoms with E-state index in [4.69, 9.17) is 21.7 Å². The summed E-state index contributed by atoms with van der Waals surface area (Å²) in [6.45, 7) is 0.604. The van der Waals surface area contributed by atoms with Crippen LogP contribution in [0.1, 0.15) is 61.5 Å². The number of aromatic hydroxyl groups is 2. The Labute approximate surface area is 176 Å². The third kappa shape index (κ3) is 5.05. The van der Waals surface area contributed by atoms with Gasteiger partial charge in [-0.2, -0.15) is 0 Å². The van der Waals surface area contributed by atoms with Gasteiger partial charge in [-0.05, 0) is 37.6 Å². The molecule has 1 unspecified atom stereocenters. The standard InChI is InChI=1S/C15H8O6.C6H14N2O2/c16-9-3-1-2-7-11(9)14(19)12-8(13(7)18)4-6(15(20)21)5-10(12)17;7-4-2-1-3-5(8)6(9)10/h1-5,16-17H,(H,20,21);5H,1-4,7-8H2,(H,9,10). The molecule has 0 radical (unpaired) electrons. The van der Waals surface area contributed by atoms with Gasteiger partial charge < -0.3 is 31.9 Å². The summed E-state index contributed by atoms with van der Waals surface area (Å²) in [4.78, 5) is 45.8. The number of hydrogen-bond acceptors (Lipinski definition) is 8. The van der Waals surface area contributed by atoms with Crippen LogP contribution in [0.15, 0.2) is 30.3 Å². The van der Waals surface area contributed by atoms with Gasteiger partial charge in [0, 0.05) is 11.1 Å². The second-order valence-corrected chi connectivity index (χ2v) is 6.81. The van der Waals surface area contributed by atoms with Gasteiger partial charge in [0.25, 0.3) is 0 Å². The minimum Gasteiger partial charge on any atom is -0.507 e. The number of aliphatic carboxylic acids is 1. The topological polar surface area (TPSA) is 201 Å². The summed E-state index contributed by atoms with van der Waals surface area (Å²) in [5, 5.41) is 36.9. The van der Waals surface area contributed by atoms with Gasteiger partial charge in [0.1, 0.15) is 17.5 Å². The molecular formula is C21H22N2O8. The lowest BCUT2D eigenvalue weighted by molar-refractivity contribution is -0.138. The van der Waals surface area contributed by atoms with Gasteiger partial charge in [0.05, 0.1) is 16.7 Å². The van der Waals surface area contributed by atoms with Crippen molar-refractivity contribution in [3.05, 3.63) is 58.1 Å². The van der Waals surface area contributed by atoms with Crippen LogP contribution in [0.3, 0.4) is 0 Å². The Morgan fingerprint density at radius 3 is 2.13 bits per heavy atom. The van der Waals surface area contributed by atoms with E-state index < -0.39 is 35.3 Å². The van der Waals surface area contributed by atoms with Crippen LogP contribution in [-0.4, -0.2) is 56.5 Å². The zero-order chi connectivity index (χ0) is 23.3. The molecule has 0 aliphatic heterocycles. The summed E-state index contributed by atoms with van der Waals surface area (Å²) < 4.78 is 0. The fraction of sp³-hybridized carbons (Fsp3) is 0.238. The van der Waals surface area contributed by atoms with E-state index in [0.29, 0.717) is 13.0 Å². The molecule has 3 rings (SSSR count). The van der Waals surface area contributed by atoms with Gasteiger partial charge >= 0.3 is 11.9 Å². The maximum atomic E-state index is 12.4. The highest BCUT2D eigenvalue weighted by atomic mass is 16.4. The smallest absolute Gasteiger partial charge is 0.335 e. The number of hydrogen-bond donors (Lipinski definition) is 6. The van der Waals surface area contributed by atoms with Crippen molar-refractivity contribution < 1.29 is 39.6 Å². The Morgan fingerprint density at radius 2 is 1.55 bits per heavy atom. The van der Waals surface area contributed by atoms with Crippen molar-refractivity contribution in [3.8, 4) is 11.5 Å². The van der Waals surface area contributed by atoms with Gasteiger partial charge in [-0.3, -0.25) is 14.4 Å². The van der Waals surface area contributed by atoms with Crippen LogP contribution in [0.5, 0.6) is 11.5 Å². The fourth-order valence-corrected chi connectivity index (χ4v) is 3.04. The average molecular weight is 430 g/mol. The molecule has 10 heteroatoms. The second-order valence-electron chi connectivity index (χ2n) is 6.81. The van der Waals surface area contributed by atoms with E-state index >= 15 is 0 Å². The molecule has 0 saturated heterocycles. The lowest BCUT2D eigenvalue weighted by Crippen LogP contribution is -2.29. The highest BCUT2D eigenvalue weighted by molar-refractivity contribution is 6.30. The second kappa shape index (κ2) is 9.83. The Morgan fingerprint density at radius 1 is 0.903 bits per heavy atom. The number of carbonyl (C=O) groups is 4. The molecular weight excluding hydrogens is 408 g/mol. The number of carboxylic acid groups (broad SMARTS) is 2. The molecule has 2 aromatic rings. The van der Waals surface area contributed by atoms with E-state index in [9.17, 15) is 29.4 Å². The minimum atomic E-state index is -1.32. The van der Waals surface area contributed by atoms with Gasteiger partial charge in [-0.25, -0.2) is 4.79 Å². The molecule has 2 aromatic carbocycles. The molecule has 0 heterocycles. The molecule has 1 aliphatic carbocycles. The lowest BCUT2D eigenvalue weighted by Gasteiger charge is -2.19. The van der Waals surface area contributed by atoms with Gasteiger partial charge in [-0.15, -0.1) is 0 Å². The fourth-order valence-electron chi connectivity index (χ4n) is 3.04. The number of carbonyl (C=O) groups excluding carboxylic acids is 2. The third-order valence-corrected chi connectivity index (χ3v) is 4.64. The summed E-state index contributed by atoms with van der Waals surface area (Å²) in [6, 6.07) is 5.26. The van der Waals surface area contributed by atoms with E-state index in [-0.39, 0.29) is 33.6 Å². The number of phenols is 2. The van der Waals surface area contributed by atoms with Crippen molar-refractivity contribution in [3.63, 3.8) is 0 Å². The SMILES string of the molecule is NCCCCC(N)C(=O)O.O=C(O)c1cc(O)c2c(c1)C(=O)c1cccc(O)c1C2=O. The molecule has 0 amide bonds. The van der Waals surface area contributed by atoms with E-state index in [0.717, 1.165) is 25.0 Å². The predicted octanol–water partition coefficient (Wildman–Crippen LogP) is 1.10. The van der Waals surface area contributed by atoms with Crippen molar-refractivity contribution in [1.29, 1.82) is 0 Å². The quantitative estimate of drug-likeness (QED) is 0.307. The number of fused-ring (bicyclic) bond motifs is 2. The largest absolute Gasteiger partial charge is 0.507 e. The summed E-state index contributed by atoms with van der Waals surface area (Å²) in [6.07, 6.45) is 2.16. The van der Waals surface area contributed by atoms with Crippen molar-refractivity contribution >= 4 is 23.5 Å². The summed E-state index contributed by atoms with van der Waals surface area (Å²) in [5.41, 5.74) is 9.44. The molecule has 0 spiro atoms. The number of rotatable bonds is 6. The number of nitrogens with two attached hydrogens (primary N) is 2. The molecule has 0 bridgehead atoms. The van der Waals surface area contributed by atoms with Crippen LogP contribution in [0.2, 0.25) is 0 Å². The van der Waals surface area contributed by atoms with Gasteiger partial charge in [0.2, 0.25) is 5.78 Å². The van der Waals surface area contributed by atoms with Crippen LogP contribution in [0.25, 0.3) is 0 Å². The number of ketones is 2. The van der Waals surface area contributed by atoms with Crippen molar-refractivity contribution in [2.24, 2.45) is 11.5 Å². The molecule has 1 aliphatic rings. The van der Waals surface area contributed by atoms with Crippen LogP contribution in [0, 0.1) is 0 Å². The highest BCUT2D eigenvalue weighted by Gasteiger charge is 2.34. The predicted molar refractivity (Wildman–Crippen MR) is 109 cm³/mol. The number of benzene rings is 2. The van der Waals surface area contributed by atoms with E-state index in [1.807, 2.05) is 0 Å². The van der Waals surface area contributed by atoms with Crippen LogP contribution < -0.4 is 11.5 Å². The number of unbranched alkanes of at least 4 members (excludes halogenated alkanes) is 1. The zero-order valence-corrected chi connectivity index (χ0v) is 16.4. The Kier molecular flexibility index (Phi) is 7.46. The van der Waals surface area contributed by atoms with Gasteiger partial charge in [0.15, 0.2) is 5.78 Å². The van der Waals surface area contributed by atoms with E-state index in [2.05, 4.69) is 0 Å². The molecule has 0 saturated carbocycles. The van der Waals surface area contributed by atoms with Gasteiger partial charge in [-0.1, -0.05) is 18.6 Å². The maximum absolute atomic E-state index is 12.4.